The molecule has 4 heteroatoms. The zero-order valence-corrected chi connectivity index (χ0v) is 15.5. The molecule has 1 aromatic carbocycles. The highest BCUT2D eigenvalue weighted by atomic mass is 19.2. The van der Waals surface area contributed by atoms with E-state index in [0.29, 0.717) is 17.8 Å². The van der Waals surface area contributed by atoms with Crippen molar-refractivity contribution in [3.05, 3.63) is 59.5 Å². The van der Waals surface area contributed by atoms with E-state index in [-0.39, 0.29) is 5.92 Å². The molecule has 2 saturated carbocycles. The number of halogens is 3. The summed E-state index contributed by atoms with van der Waals surface area (Å²) in [5, 5.41) is 8.52. The summed E-state index contributed by atoms with van der Waals surface area (Å²) < 4.78 is 39.6. The minimum Gasteiger partial charge on any atom is -0.204 e. The van der Waals surface area contributed by atoms with Gasteiger partial charge in [0, 0.05) is 0 Å². The van der Waals surface area contributed by atoms with Gasteiger partial charge in [-0.15, -0.1) is 0 Å². The van der Waals surface area contributed by atoms with Gasteiger partial charge in [-0.2, -0.15) is 9.65 Å². The first kappa shape index (κ1) is 19.7. The summed E-state index contributed by atoms with van der Waals surface area (Å²) in [6.07, 6.45) is 14.2. The Kier molecular flexibility index (Phi) is 6.77. The number of hydrogen-bond donors (Lipinski definition) is 0. The number of nitrogens with zero attached hydrogens (tertiary/aromatic N) is 1. The summed E-state index contributed by atoms with van der Waals surface area (Å²) in [7, 11) is 0. The van der Waals surface area contributed by atoms with Crippen LogP contribution in [0.15, 0.2) is 42.3 Å². The summed E-state index contributed by atoms with van der Waals surface area (Å²) in [6, 6.07) is 5.84. The zero-order valence-electron chi connectivity index (χ0n) is 15.5. The monoisotopic (exact) mass is 373 g/mol. The molecule has 0 spiro atoms. The van der Waals surface area contributed by atoms with Crippen molar-refractivity contribution < 1.29 is 13.2 Å². The lowest BCUT2D eigenvalue weighted by Gasteiger charge is -2.28. The Morgan fingerprint density at radius 1 is 0.852 bits per heavy atom. The van der Waals surface area contributed by atoms with Crippen LogP contribution in [-0.4, -0.2) is 0 Å². The Bertz CT molecular complexity index is 730. The predicted octanol–water partition coefficient (Wildman–Crippen LogP) is 6.98. The maximum atomic E-state index is 13.4. The molecule has 27 heavy (non-hydrogen) atoms. The molecule has 0 saturated heterocycles. The van der Waals surface area contributed by atoms with Crippen LogP contribution in [0.5, 0.6) is 0 Å². The molecular weight excluding hydrogens is 347 g/mol. The van der Waals surface area contributed by atoms with Crippen LogP contribution in [0, 0.1) is 40.7 Å². The van der Waals surface area contributed by atoms with E-state index in [1.165, 1.54) is 18.2 Å². The van der Waals surface area contributed by atoms with Crippen LogP contribution in [0.4, 0.5) is 13.2 Å². The van der Waals surface area contributed by atoms with E-state index >= 15 is 0 Å². The molecule has 1 nitrogen and oxygen atoms in total. The van der Waals surface area contributed by atoms with Crippen molar-refractivity contribution in [2.45, 2.75) is 57.3 Å². The van der Waals surface area contributed by atoms with Gasteiger partial charge in [-0.1, -0.05) is 18.2 Å². The first-order valence-electron chi connectivity index (χ1n) is 9.96. The molecule has 0 N–H and O–H groups in total. The average molecular weight is 373 g/mol. The summed E-state index contributed by atoms with van der Waals surface area (Å²) in [5.74, 6) is -0.580. The average Bonchev–Trinajstić information content (AvgIpc) is 2.70. The van der Waals surface area contributed by atoms with Gasteiger partial charge in [-0.05, 0) is 98.8 Å². The summed E-state index contributed by atoms with van der Waals surface area (Å²) in [5.41, 5.74) is 0.910. The highest BCUT2D eigenvalue weighted by molar-refractivity contribution is 5.22. The van der Waals surface area contributed by atoms with Gasteiger partial charge in [0.1, 0.15) is 6.07 Å². The van der Waals surface area contributed by atoms with Crippen molar-refractivity contribution in [3.63, 3.8) is 0 Å². The standard InChI is InChI=1S/C23H26F3N/c24-21(15-27)13-18-5-3-16(4-6-18)1-2-17-7-9-19(10-8-17)20-11-12-22(25)23(26)14-20/h1-2,11-14,16-19H,3-10H2/t16-,17-,18-,19-. The van der Waals surface area contributed by atoms with E-state index in [9.17, 15) is 13.2 Å². The highest BCUT2D eigenvalue weighted by Crippen LogP contribution is 2.37. The molecule has 0 heterocycles. The van der Waals surface area contributed by atoms with Crippen LogP contribution in [0.3, 0.4) is 0 Å². The van der Waals surface area contributed by atoms with Gasteiger partial charge in [0.05, 0.1) is 0 Å². The third kappa shape index (κ3) is 5.48. The molecule has 1 aromatic rings. The zero-order chi connectivity index (χ0) is 19.2. The first-order valence-corrected chi connectivity index (χ1v) is 9.96. The lowest BCUT2D eigenvalue weighted by Crippen LogP contribution is -2.14. The molecule has 2 fully saturated rings. The maximum Gasteiger partial charge on any atom is 0.196 e. The maximum absolute atomic E-state index is 13.4. The van der Waals surface area contributed by atoms with Gasteiger partial charge in [0.15, 0.2) is 17.5 Å². The Balaban J connectivity index is 1.44. The lowest BCUT2D eigenvalue weighted by atomic mass is 9.77. The summed E-state index contributed by atoms with van der Waals surface area (Å²) in [4.78, 5) is 0. The molecule has 0 bridgehead atoms. The van der Waals surface area contributed by atoms with E-state index in [0.717, 1.165) is 56.9 Å². The molecule has 144 valence electrons. The Morgan fingerprint density at radius 2 is 1.41 bits per heavy atom. The van der Waals surface area contributed by atoms with E-state index in [4.69, 9.17) is 5.26 Å². The van der Waals surface area contributed by atoms with Gasteiger partial charge < -0.3 is 0 Å². The molecule has 0 aromatic heterocycles. The second kappa shape index (κ2) is 9.26. The van der Waals surface area contributed by atoms with Gasteiger partial charge >= 0.3 is 0 Å². The minimum atomic E-state index is -0.782. The van der Waals surface area contributed by atoms with E-state index < -0.39 is 17.5 Å². The molecule has 0 unspecified atom stereocenters. The fourth-order valence-corrected chi connectivity index (χ4v) is 4.47. The van der Waals surface area contributed by atoms with Gasteiger partial charge in [-0.25, -0.2) is 8.78 Å². The third-order valence-corrected chi connectivity index (χ3v) is 6.15. The third-order valence-electron chi connectivity index (χ3n) is 6.15. The largest absolute Gasteiger partial charge is 0.204 e. The van der Waals surface area contributed by atoms with Gasteiger partial charge in [0.25, 0.3) is 0 Å². The summed E-state index contributed by atoms with van der Waals surface area (Å²) >= 11 is 0. The number of nitriles is 1. The van der Waals surface area contributed by atoms with Crippen LogP contribution >= 0.6 is 0 Å². The number of benzene rings is 1. The predicted molar refractivity (Wildman–Crippen MR) is 100 cm³/mol. The molecule has 0 aliphatic heterocycles. The van der Waals surface area contributed by atoms with Gasteiger partial charge in [0.2, 0.25) is 0 Å². The molecule has 0 radical (unpaired) electrons. The Labute approximate surface area is 159 Å². The first-order chi connectivity index (χ1) is 13.0. The van der Waals surface area contributed by atoms with Crippen molar-refractivity contribution in [1.82, 2.24) is 0 Å². The van der Waals surface area contributed by atoms with E-state index in [1.807, 2.05) is 0 Å². The molecular formula is C23H26F3N. The normalized spacial score (nSPS) is 29.6. The minimum absolute atomic E-state index is 0.195. The molecule has 0 amide bonds. The van der Waals surface area contributed by atoms with E-state index in [2.05, 4.69) is 12.2 Å². The second-order valence-electron chi connectivity index (χ2n) is 7.97. The van der Waals surface area contributed by atoms with Crippen LogP contribution in [-0.2, 0) is 0 Å². The van der Waals surface area contributed by atoms with Crippen molar-refractivity contribution in [1.29, 1.82) is 5.26 Å². The van der Waals surface area contributed by atoms with Crippen molar-refractivity contribution in [2.75, 3.05) is 0 Å². The number of hydrogen-bond acceptors (Lipinski definition) is 1. The fourth-order valence-electron chi connectivity index (χ4n) is 4.47. The van der Waals surface area contributed by atoms with Crippen LogP contribution in [0.2, 0.25) is 0 Å². The van der Waals surface area contributed by atoms with Crippen molar-refractivity contribution in [2.24, 2.45) is 17.8 Å². The number of rotatable bonds is 4. The second-order valence-corrected chi connectivity index (χ2v) is 7.97. The SMILES string of the molecule is N#CC(F)=C[C@H]1CC[C@H](C=C[C@H]2CC[C@H](c3ccc(F)c(F)c3)CC2)CC1. The van der Waals surface area contributed by atoms with Crippen molar-refractivity contribution in [3.8, 4) is 6.07 Å². The molecule has 0 atom stereocenters. The topological polar surface area (TPSA) is 23.8 Å². The van der Waals surface area contributed by atoms with Crippen molar-refractivity contribution >= 4 is 0 Å². The quantitative estimate of drug-likeness (QED) is 0.413. The van der Waals surface area contributed by atoms with E-state index in [1.54, 1.807) is 12.1 Å². The van der Waals surface area contributed by atoms with Crippen LogP contribution < -0.4 is 0 Å². The summed E-state index contributed by atoms with van der Waals surface area (Å²) in [6.45, 7) is 0. The number of allylic oxidation sites excluding steroid dienone is 4. The Hall–Kier alpha value is -2.02. The van der Waals surface area contributed by atoms with Gasteiger partial charge in [-0.3, -0.25) is 0 Å². The smallest absolute Gasteiger partial charge is 0.196 e. The Morgan fingerprint density at radius 3 is 1.96 bits per heavy atom. The van der Waals surface area contributed by atoms with Crippen LogP contribution in [0.1, 0.15) is 62.8 Å². The fraction of sp³-hybridized carbons (Fsp3) is 0.522. The van der Waals surface area contributed by atoms with Crippen LogP contribution in [0.25, 0.3) is 0 Å². The lowest BCUT2D eigenvalue weighted by molar-refractivity contribution is 0.346. The molecule has 2 aliphatic carbocycles. The highest BCUT2D eigenvalue weighted by Gasteiger charge is 2.23. The molecule has 3 rings (SSSR count). The molecule has 2 aliphatic rings.